The summed E-state index contributed by atoms with van der Waals surface area (Å²) in [6, 6.07) is 24.1. The Bertz CT molecular complexity index is 1220. The molecule has 0 radical (unpaired) electrons. The van der Waals surface area contributed by atoms with E-state index in [4.69, 9.17) is 23.7 Å². The number of carbonyl (C=O) groups excluding carboxylic acids is 1. The van der Waals surface area contributed by atoms with Gasteiger partial charge in [0, 0.05) is 25.9 Å². The van der Waals surface area contributed by atoms with Crippen molar-refractivity contribution in [3.05, 3.63) is 83.9 Å². The Balaban J connectivity index is 1.17. The van der Waals surface area contributed by atoms with Crippen molar-refractivity contribution < 1.29 is 28.5 Å². The molecular weight excluding hydrogens is 532 g/mol. The molecule has 226 valence electrons. The average molecular weight is 577 g/mol. The van der Waals surface area contributed by atoms with Gasteiger partial charge in [0.25, 0.3) is 0 Å². The van der Waals surface area contributed by atoms with Crippen molar-refractivity contribution in [2.24, 2.45) is 0 Å². The highest BCUT2D eigenvalue weighted by Crippen LogP contribution is 2.29. The number of amides is 1. The summed E-state index contributed by atoms with van der Waals surface area (Å²) in [5.74, 6) is 3.52. The number of methoxy groups -OCH3 is 1. The van der Waals surface area contributed by atoms with E-state index in [1.807, 2.05) is 48.5 Å². The number of para-hydroxylation sites is 3. The molecule has 0 aromatic heterocycles. The van der Waals surface area contributed by atoms with Crippen molar-refractivity contribution >= 4 is 5.91 Å². The van der Waals surface area contributed by atoms with Crippen LogP contribution in [-0.2, 0) is 16.0 Å². The van der Waals surface area contributed by atoms with Gasteiger partial charge in [-0.1, -0.05) is 42.5 Å². The Morgan fingerprint density at radius 1 is 0.833 bits per heavy atom. The van der Waals surface area contributed by atoms with E-state index in [-0.39, 0.29) is 12.0 Å². The summed E-state index contributed by atoms with van der Waals surface area (Å²) < 4.78 is 29.5. The number of hydrogen-bond donors (Lipinski definition) is 2. The van der Waals surface area contributed by atoms with Crippen molar-refractivity contribution in [1.29, 1.82) is 0 Å². The fraction of sp³-hybridized carbons (Fsp3) is 0.441. The lowest BCUT2D eigenvalue weighted by Gasteiger charge is -2.32. The van der Waals surface area contributed by atoms with Crippen LogP contribution in [0.15, 0.2) is 72.8 Å². The van der Waals surface area contributed by atoms with Gasteiger partial charge in [0.1, 0.15) is 18.1 Å². The van der Waals surface area contributed by atoms with Crippen molar-refractivity contribution in [1.82, 2.24) is 10.6 Å². The molecule has 1 heterocycles. The Morgan fingerprint density at radius 2 is 1.52 bits per heavy atom. The fourth-order valence-electron chi connectivity index (χ4n) is 5.09. The Labute approximate surface area is 249 Å². The number of unbranched alkanes of at least 4 members (excludes halogenated alkanes) is 1. The van der Waals surface area contributed by atoms with Gasteiger partial charge in [-0.15, -0.1) is 0 Å². The molecule has 0 saturated carbocycles. The van der Waals surface area contributed by atoms with Crippen LogP contribution in [0.3, 0.4) is 0 Å². The molecule has 0 spiro atoms. The second kappa shape index (κ2) is 17.3. The van der Waals surface area contributed by atoms with Gasteiger partial charge in [0.05, 0.1) is 33.0 Å². The van der Waals surface area contributed by atoms with E-state index in [2.05, 4.69) is 34.9 Å². The van der Waals surface area contributed by atoms with E-state index >= 15 is 0 Å². The lowest BCUT2D eigenvalue weighted by molar-refractivity contribution is -0.118. The van der Waals surface area contributed by atoms with Crippen LogP contribution < -0.4 is 29.6 Å². The van der Waals surface area contributed by atoms with E-state index in [0.717, 1.165) is 67.3 Å². The van der Waals surface area contributed by atoms with Crippen LogP contribution in [0.5, 0.6) is 23.0 Å². The van der Waals surface area contributed by atoms with E-state index < -0.39 is 0 Å². The largest absolute Gasteiger partial charge is 0.494 e. The maximum Gasteiger partial charge on any atom is 0.216 e. The Kier molecular flexibility index (Phi) is 12.8. The minimum absolute atomic E-state index is 0.0257. The van der Waals surface area contributed by atoms with Crippen LogP contribution >= 0.6 is 0 Å². The number of carbonyl (C=O) groups is 1. The molecule has 2 N–H and O–H groups in total. The molecule has 2 atom stereocenters. The summed E-state index contributed by atoms with van der Waals surface area (Å²) in [6.07, 6.45) is 3.62. The summed E-state index contributed by atoms with van der Waals surface area (Å²) in [5.41, 5.74) is 2.34. The molecule has 1 fully saturated rings. The predicted octanol–water partition coefficient (Wildman–Crippen LogP) is 5.15. The van der Waals surface area contributed by atoms with Crippen LogP contribution in [0.1, 0.15) is 43.2 Å². The SMILES string of the molecule is COc1ccccc1OCCCCOc1ccc([C@H]2CCNC[C@@H]2OCCOc2ccccc2CCNC(C)=O)cc1. The monoisotopic (exact) mass is 576 g/mol. The Morgan fingerprint density at radius 3 is 2.29 bits per heavy atom. The normalized spacial score (nSPS) is 16.4. The lowest BCUT2D eigenvalue weighted by atomic mass is 9.88. The maximum absolute atomic E-state index is 11.2. The second-order valence-electron chi connectivity index (χ2n) is 10.3. The van der Waals surface area contributed by atoms with E-state index in [9.17, 15) is 4.79 Å². The third kappa shape index (κ3) is 9.96. The molecule has 8 heteroatoms. The van der Waals surface area contributed by atoms with Gasteiger partial charge in [0.2, 0.25) is 5.91 Å². The number of hydrogen-bond acceptors (Lipinski definition) is 7. The highest BCUT2D eigenvalue weighted by atomic mass is 16.5. The fourth-order valence-corrected chi connectivity index (χ4v) is 5.09. The number of rotatable bonds is 17. The third-order valence-corrected chi connectivity index (χ3v) is 7.28. The van der Waals surface area contributed by atoms with E-state index in [0.29, 0.717) is 38.9 Å². The van der Waals surface area contributed by atoms with Gasteiger partial charge in [-0.2, -0.15) is 0 Å². The van der Waals surface area contributed by atoms with Gasteiger partial charge < -0.3 is 34.3 Å². The number of nitrogens with one attached hydrogen (secondary N) is 2. The molecule has 4 rings (SSSR count). The molecule has 0 aliphatic carbocycles. The van der Waals surface area contributed by atoms with Gasteiger partial charge >= 0.3 is 0 Å². The summed E-state index contributed by atoms with van der Waals surface area (Å²) in [5, 5.41) is 6.30. The van der Waals surface area contributed by atoms with Crippen molar-refractivity contribution in [3.8, 4) is 23.0 Å². The molecule has 1 aliphatic rings. The number of piperidine rings is 1. The molecule has 42 heavy (non-hydrogen) atoms. The standard InChI is InChI=1S/C34H44N2O6/c1-26(37)36-20-17-28-9-3-4-10-31(28)41-23-24-42-34-25-35-19-18-30(34)27-13-15-29(16-14-27)39-21-7-8-22-40-33-12-6-5-11-32(33)38-2/h3-6,9-16,30,34-35H,7-8,17-25H2,1-2H3,(H,36,37)/t30-,34+/m1/s1. The van der Waals surface area contributed by atoms with Crippen LogP contribution in [0, 0.1) is 0 Å². The number of benzene rings is 3. The zero-order valence-corrected chi connectivity index (χ0v) is 24.8. The topological polar surface area (TPSA) is 87.3 Å². The summed E-state index contributed by atoms with van der Waals surface area (Å²) in [4.78, 5) is 11.2. The molecule has 8 nitrogen and oxygen atoms in total. The molecule has 0 bridgehead atoms. The van der Waals surface area contributed by atoms with E-state index in [1.54, 1.807) is 7.11 Å². The predicted molar refractivity (Wildman–Crippen MR) is 164 cm³/mol. The molecule has 3 aromatic rings. The van der Waals surface area contributed by atoms with E-state index in [1.165, 1.54) is 12.5 Å². The third-order valence-electron chi connectivity index (χ3n) is 7.28. The van der Waals surface area contributed by atoms with Crippen LogP contribution in [0.4, 0.5) is 0 Å². The van der Waals surface area contributed by atoms with Crippen LogP contribution in [-0.4, -0.2) is 65.2 Å². The van der Waals surface area contributed by atoms with Crippen molar-refractivity contribution in [3.63, 3.8) is 0 Å². The number of ether oxygens (including phenoxy) is 5. The van der Waals surface area contributed by atoms with Crippen LogP contribution in [0.25, 0.3) is 0 Å². The first-order valence-corrected chi connectivity index (χ1v) is 14.9. The average Bonchev–Trinajstić information content (AvgIpc) is 3.02. The smallest absolute Gasteiger partial charge is 0.216 e. The quantitative estimate of drug-likeness (QED) is 0.215. The molecule has 1 aliphatic heterocycles. The summed E-state index contributed by atoms with van der Waals surface area (Å²) in [7, 11) is 1.65. The van der Waals surface area contributed by atoms with Crippen molar-refractivity contribution in [2.45, 2.75) is 44.6 Å². The minimum atomic E-state index is -0.0257. The highest BCUT2D eigenvalue weighted by Gasteiger charge is 2.27. The van der Waals surface area contributed by atoms with Gasteiger partial charge in [0.15, 0.2) is 11.5 Å². The molecule has 0 unspecified atom stereocenters. The summed E-state index contributed by atoms with van der Waals surface area (Å²) >= 11 is 0. The maximum atomic E-state index is 11.2. The lowest BCUT2D eigenvalue weighted by Crippen LogP contribution is -2.41. The first-order valence-electron chi connectivity index (χ1n) is 14.9. The summed E-state index contributed by atoms with van der Waals surface area (Å²) in [6.45, 7) is 6.14. The molecular formula is C34H44N2O6. The van der Waals surface area contributed by atoms with Crippen molar-refractivity contribution in [2.75, 3.05) is 53.2 Å². The molecule has 1 saturated heterocycles. The molecule has 1 amide bonds. The Hall–Kier alpha value is -3.75. The van der Waals surface area contributed by atoms with Gasteiger partial charge in [-0.25, -0.2) is 0 Å². The zero-order chi connectivity index (χ0) is 29.4. The first kappa shape index (κ1) is 31.2. The van der Waals surface area contributed by atoms with Gasteiger partial charge in [-0.05, 0) is 73.7 Å². The second-order valence-corrected chi connectivity index (χ2v) is 10.3. The minimum Gasteiger partial charge on any atom is -0.494 e. The van der Waals surface area contributed by atoms with Crippen LogP contribution in [0.2, 0.25) is 0 Å². The highest BCUT2D eigenvalue weighted by molar-refractivity contribution is 5.72. The van der Waals surface area contributed by atoms with Gasteiger partial charge in [-0.3, -0.25) is 4.79 Å². The molecule has 3 aromatic carbocycles. The first-order chi connectivity index (χ1) is 20.6. The zero-order valence-electron chi connectivity index (χ0n) is 24.8.